The van der Waals surface area contributed by atoms with Crippen LogP contribution in [0.15, 0.2) is 0 Å². The molecule has 2 fully saturated rings. The third-order valence-corrected chi connectivity index (χ3v) is 4.54. The van der Waals surface area contributed by atoms with Crippen LogP contribution in [-0.2, 0) is 19.1 Å². The van der Waals surface area contributed by atoms with Gasteiger partial charge in [0.1, 0.15) is 0 Å². The Balaban J connectivity index is 0.000000379. The first-order valence-corrected chi connectivity index (χ1v) is 7.75. The van der Waals surface area contributed by atoms with Gasteiger partial charge in [-0.05, 0) is 30.1 Å². The number of ether oxygens (including phenoxy) is 1. The fourth-order valence-electron chi connectivity index (χ4n) is 4.18. The highest BCUT2D eigenvalue weighted by Crippen LogP contribution is 2.52. The predicted molar refractivity (Wildman–Crippen MR) is 83.0 cm³/mol. The van der Waals surface area contributed by atoms with Crippen molar-refractivity contribution in [1.82, 2.24) is 4.90 Å². The molecule has 2 atom stereocenters. The highest BCUT2D eigenvalue weighted by molar-refractivity contribution is 6.27. The van der Waals surface area contributed by atoms with E-state index in [0.717, 1.165) is 13.1 Å². The number of aliphatic carboxylic acids is 2. The summed E-state index contributed by atoms with van der Waals surface area (Å²) in [4.78, 5) is 31.9. The molecule has 2 rings (SSSR count). The van der Waals surface area contributed by atoms with E-state index >= 15 is 0 Å². The van der Waals surface area contributed by atoms with Crippen LogP contribution in [0.5, 0.6) is 0 Å². The molecule has 23 heavy (non-hydrogen) atoms. The Kier molecular flexibility index (Phi) is 6.16. The molecule has 1 heterocycles. The number of hydrogen-bond acceptors (Lipinski definition) is 5. The summed E-state index contributed by atoms with van der Waals surface area (Å²) in [6.07, 6.45) is 4.41. The van der Waals surface area contributed by atoms with Crippen LogP contribution in [0.4, 0.5) is 0 Å². The Morgan fingerprint density at radius 1 is 1.13 bits per heavy atom. The van der Waals surface area contributed by atoms with Crippen LogP contribution in [-0.4, -0.2) is 59.3 Å². The average molecular weight is 329 g/mol. The second-order valence-electron chi connectivity index (χ2n) is 7.62. The summed E-state index contributed by atoms with van der Waals surface area (Å²) < 4.78 is 4.72. The van der Waals surface area contributed by atoms with Crippen LogP contribution in [0.1, 0.15) is 46.5 Å². The number of esters is 1. The van der Waals surface area contributed by atoms with Crippen molar-refractivity contribution < 1.29 is 29.3 Å². The SMILES string of the molecule is COC(=O)CCN1CC2(C)CC1CC(C)(C)C2.O=C(O)C(=O)O. The number of fused-ring (bicyclic) bond motifs is 2. The summed E-state index contributed by atoms with van der Waals surface area (Å²) in [5.41, 5.74) is 0.917. The molecule has 2 bridgehead atoms. The molecule has 0 aromatic rings. The summed E-state index contributed by atoms with van der Waals surface area (Å²) >= 11 is 0. The molecule has 0 radical (unpaired) electrons. The van der Waals surface area contributed by atoms with Crippen LogP contribution >= 0.6 is 0 Å². The number of hydrogen-bond donors (Lipinski definition) is 2. The lowest BCUT2D eigenvalue weighted by molar-refractivity contribution is -0.159. The van der Waals surface area contributed by atoms with Gasteiger partial charge in [0.05, 0.1) is 13.5 Å². The van der Waals surface area contributed by atoms with E-state index < -0.39 is 11.9 Å². The van der Waals surface area contributed by atoms with Gasteiger partial charge in [0.2, 0.25) is 0 Å². The number of carbonyl (C=O) groups excluding carboxylic acids is 1. The molecule has 1 aliphatic heterocycles. The maximum absolute atomic E-state index is 11.2. The highest BCUT2D eigenvalue weighted by atomic mass is 16.5. The lowest BCUT2D eigenvalue weighted by Gasteiger charge is -2.39. The number of methoxy groups -OCH3 is 1. The summed E-state index contributed by atoms with van der Waals surface area (Å²) in [6, 6.07) is 0.674. The zero-order chi connectivity index (χ0) is 17.8. The molecule has 2 unspecified atom stereocenters. The largest absolute Gasteiger partial charge is 0.473 e. The van der Waals surface area contributed by atoms with Gasteiger partial charge in [0, 0.05) is 19.1 Å². The summed E-state index contributed by atoms with van der Waals surface area (Å²) in [6.45, 7) is 9.17. The molecular weight excluding hydrogens is 302 g/mol. The van der Waals surface area contributed by atoms with Crippen molar-refractivity contribution in [2.75, 3.05) is 20.2 Å². The van der Waals surface area contributed by atoms with E-state index in [1.54, 1.807) is 0 Å². The molecule has 7 heteroatoms. The van der Waals surface area contributed by atoms with Crippen molar-refractivity contribution in [1.29, 1.82) is 0 Å². The van der Waals surface area contributed by atoms with Crippen molar-refractivity contribution in [3.05, 3.63) is 0 Å². The Hall–Kier alpha value is -1.63. The first kappa shape index (κ1) is 19.4. The smallest absolute Gasteiger partial charge is 0.414 e. The number of carbonyl (C=O) groups is 3. The molecule has 0 aromatic carbocycles. The van der Waals surface area contributed by atoms with Crippen LogP contribution in [0.25, 0.3) is 0 Å². The molecule has 2 aliphatic rings. The van der Waals surface area contributed by atoms with E-state index in [9.17, 15) is 4.79 Å². The van der Waals surface area contributed by atoms with Gasteiger partial charge in [-0.1, -0.05) is 20.8 Å². The van der Waals surface area contributed by atoms with Crippen molar-refractivity contribution in [3.8, 4) is 0 Å². The van der Waals surface area contributed by atoms with Gasteiger partial charge >= 0.3 is 17.9 Å². The van der Waals surface area contributed by atoms with Gasteiger partial charge in [-0.3, -0.25) is 9.69 Å². The predicted octanol–water partition coefficient (Wildman–Crippen LogP) is 1.61. The molecule has 7 nitrogen and oxygen atoms in total. The molecule has 0 aromatic heterocycles. The lowest BCUT2D eigenvalue weighted by atomic mass is 9.65. The molecule has 132 valence electrons. The monoisotopic (exact) mass is 329 g/mol. The Morgan fingerprint density at radius 3 is 2.17 bits per heavy atom. The number of carboxylic acid groups (broad SMARTS) is 2. The van der Waals surface area contributed by atoms with E-state index in [4.69, 9.17) is 24.5 Å². The van der Waals surface area contributed by atoms with E-state index in [2.05, 4.69) is 25.7 Å². The minimum atomic E-state index is -1.82. The zero-order valence-corrected chi connectivity index (χ0v) is 14.3. The average Bonchev–Trinajstić information content (AvgIpc) is 2.65. The van der Waals surface area contributed by atoms with E-state index in [1.807, 2.05) is 0 Å². The first-order chi connectivity index (χ1) is 10.5. The van der Waals surface area contributed by atoms with E-state index in [-0.39, 0.29) is 5.97 Å². The van der Waals surface area contributed by atoms with Gasteiger partial charge in [-0.2, -0.15) is 0 Å². The van der Waals surface area contributed by atoms with Gasteiger partial charge < -0.3 is 14.9 Å². The van der Waals surface area contributed by atoms with E-state index in [1.165, 1.54) is 26.4 Å². The quantitative estimate of drug-likeness (QED) is 0.598. The van der Waals surface area contributed by atoms with Crippen molar-refractivity contribution in [2.45, 2.75) is 52.5 Å². The standard InChI is InChI=1S/C14H25NO2.C2H2O4/c1-13(2)7-11-8-14(3,9-13)10-15(11)6-5-12(16)17-4;3-1(4)2(5)6/h11H,5-10H2,1-4H3;(H,3,4)(H,5,6). The van der Waals surface area contributed by atoms with Gasteiger partial charge in [-0.25, -0.2) is 9.59 Å². The molecule has 0 amide bonds. The molecule has 1 aliphatic carbocycles. The lowest BCUT2D eigenvalue weighted by Crippen LogP contribution is -2.35. The third kappa shape index (κ3) is 5.82. The summed E-state index contributed by atoms with van der Waals surface area (Å²) in [5, 5.41) is 14.8. The maximum atomic E-state index is 11.2. The fourth-order valence-corrected chi connectivity index (χ4v) is 4.18. The van der Waals surface area contributed by atoms with Gasteiger partial charge in [-0.15, -0.1) is 0 Å². The Morgan fingerprint density at radius 2 is 1.70 bits per heavy atom. The minimum absolute atomic E-state index is 0.0872. The van der Waals surface area contributed by atoms with Crippen LogP contribution < -0.4 is 0 Å². The molecule has 1 saturated heterocycles. The molecule has 2 N–H and O–H groups in total. The minimum Gasteiger partial charge on any atom is -0.473 e. The number of likely N-dealkylation sites (tertiary alicyclic amines) is 1. The van der Waals surface area contributed by atoms with Crippen molar-refractivity contribution in [2.24, 2.45) is 10.8 Å². The maximum Gasteiger partial charge on any atom is 0.414 e. The first-order valence-electron chi connectivity index (χ1n) is 7.75. The number of carboxylic acids is 2. The topological polar surface area (TPSA) is 104 Å². The number of rotatable bonds is 3. The van der Waals surface area contributed by atoms with Crippen molar-refractivity contribution in [3.63, 3.8) is 0 Å². The third-order valence-electron chi connectivity index (χ3n) is 4.54. The summed E-state index contributed by atoms with van der Waals surface area (Å²) in [7, 11) is 1.47. The molecular formula is C16H27NO6. The van der Waals surface area contributed by atoms with Gasteiger partial charge in [0.15, 0.2) is 0 Å². The summed E-state index contributed by atoms with van der Waals surface area (Å²) in [5.74, 6) is -3.74. The van der Waals surface area contributed by atoms with Crippen molar-refractivity contribution >= 4 is 17.9 Å². The van der Waals surface area contributed by atoms with E-state index in [0.29, 0.717) is 23.3 Å². The fraction of sp³-hybridized carbons (Fsp3) is 0.812. The van der Waals surface area contributed by atoms with Crippen LogP contribution in [0, 0.1) is 10.8 Å². The normalized spacial score (nSPS) is 28.4. The second-order valence-corrected chi connectivity index (χ2v) is 7.62. The highest BCUT2D eigenvalue weighted by Gasteiger charge is 2.49. The molecule has 1 saturated carbocycles. The van der Waals surface area contributed by atoms with Crippen LogP contribution in [0.3, 0.4) is 0 Å². The van der Waals surface area contributed by atoms with Gasteiger partial charge in [0.25, 0.3) is 0 Å². The zero-order valence-electron chi connectivity index (χ0n) is 14.3. The number of nitrogens with zero attached hydrogens (tertiary/aromatic N) is 1. The molecule has 0 spiro atoms. The Labute approximate surface area is 136 Å². The second kappa shape index (κ2) is 7.29. The Bertz CT molecular complexity index is 463. The van der Waals surface area contributed by atoms with Crippen LogP contribution in [0.2, 0.25) is 0 Å².